The van der Waals surface area contributed by atoms with Gasteiger partial charge in [-0.05, 0) is 34.7 Å². The molecule has 0 fully saturated rings. The number of methoxy groups -OCH3 is 1. The fraction of sp³-hybridized carbons (Fsp3) is 0.143. The van der Waals surface area contributed by atoms with E-state index in [0.717, 1.165) is 0 Å². The lowest BCUT2D eigenvalue weighted by atomic mass is 10.3. The van der Waals surface area contributed by atoms with E-state index < -0.39 is 4.92 Å². The van der Waals surface area contributed by atoms with Crippen molar-refractivity contribution < 1.29 is 9.66 Å². The predicted molar refractivity (Wildman–Crippen MR) is 57.4 cm³/mol. The number of hydrogen-bond donors (Lipinski definition) is 0. The smallest absolute Gasteiger partial charge is 0.330 e. The molecule has 0 aliphatic carbocycles. The lowest BCUT2D eigenvalue weighted by molar-refractivity contribution is -0.385. The minimum Gasteiger partial charge on any atom is -0.489 e. The molecule has 70 valence electrons. The number of rotatable bonds is 2. The third-order valence-electron chi connectivity index (χ3n) is 1.42. The van der Waals surface area contributed by atoms with Crippen LogP contribution in [0.1, 0.15) is 0 Å². The molecular formula is C7H5ClINO3. The third kappa shape index (κ3) is 2.02. The van der Waals surface area contributed by atoms with Gasteiger partial charge in [0.15, 0.2) is 0 Å². The first-order valence-corrected chi connectivity index (χ1v) is 4.70. The van der Waals surface area contributed by atoms with E-state index in [0.29, 0.717) is 3.57 Å². The van der Waals surface area contributed by atoms with Gasteiger partial charge in [0.1, 0.15) is 5.02 Å². The maximum atomic E-state index is 10.6. The van der Waals surface area contributed by atoms with Gasteiger partial charge in [-0.2, -0.15) is 0 Å². The Morgan fingerprint density at radius 1 is 1.62 bits per heavy atom. The van der Waals surface area contributed by atoms with E-state index in [1.807, 2.05) is 22.6 Å². The van der Waals surface area contributed by atoms with Crippen molar-refractivity contribution in [2.24, 2.45) is 0 Å². The van der Waals surface area contributed by atoms with Gasteiger partial charge >= 0.3 is 5.69 Å². The van der Waals surface area contributed by atoms with Crippen LogP contribution >= 0.6 is 34.2 Å². The van der Waals surface area contributed by atoms with Crippen molar-refractivity contribution in [1.29, 1.82) is 0 Å². The quantitative estimate of drug-likeness (QED) is 0.479. The maximum Gasteiger partial charge on any atom is 0.330 e. The van der Waals surface area contributed by atoms with Crippen molar-refractivity contribution in [3.05, 3.63) is 30.8 Å². The highest BCUT2D eigenvalue weighted by Crippen LogP contribution is 2.37. The molecule has 0 aliphatic heterocycles. The molecule has 0 N–H and O–H groups in total. The van der Waals surface area contributed by atoms with Crippen LogP contribution in [0.4, 0.5) is 5.69 Å². The summed E-state index contributed by atoms with van der Waals surface area (Å²) < 4.78 is 5.55. The molecule has 0 amide bonds. The van der Waals surface area contributed by atoms with E-state index in [1.54, 1.807) is 6.07 Å². The second-order valence-corrected chi connectivity index (χ2v) is 3.74. The molecule has 0 bridgehead atoms. The molecule has 0 atom stereocenters. The summed E-state index contributed by atoms with van der Waals surface area (Å²) in [4.78, 5) is 10.0. The first-order valence-electron chi connectivity index (χ1n) is 3.24. The fourth-order valence-electron chi connectivity index (χ4n) is 0.887. The molecule has 0 heterocycles. The molecule has 0 radical (unpaired) electrons. The average Bonchev–Trinajstić information content (AvgIpc) is 2.07. The second-order valence-electron chi connectivity index (χ2n) is 2.17. The van der Waals surface area contributed by atoms with Gasteiger partial charge in [0, 0.05) is 0 Å². The normalized spacial score (nSPS) is 9.77. The summed E-state index contributed by atoms with van der Waals surface area (Å²) in [6, 6.07) is 3.14. The van der Waals surface area contributed by atoms with Crippen LogP contribution < -0.4 is 4.74 Å². The zero-order chi connectivity index (χ0) is 10.0. The van der Waals surface area contributed by atoms with E-state index in [4.69, 9.17) is 16.3 Å². The number of benzene rings is 1. The van der Waals surface area contributed by atoms with Crippen LogP contribution in [0.3, 0.4) is 0 Å². The Bertz CT molecular complexity index is 356. The van der Waals surface area contributed by atoms with Crippen LogP contribution in [-0.2, 0) is 0 Å². The zero-order valence-corrected chi connectivity index (χ0v) is 9.50. The Balaban J connectivity index is 3.43. The molecule has 1 rings (SSSR count). The summed E-state index contributed by atoms with van der Waals surface area (Å²) >= 11 is 7.60. The number of ether oxygens (including phenoxy) is 1. The first-order chi connectivity index (χ1) is 6.07. The van der Waals surface area contributed by atoms with Crippen molar-refractivity contribution in [2.45, 2.75) is 0 Å². The Kier molecular flexibility index (Phi) is 3.32. The molecule has 0 saturated carbocycles. The molecule has 1 aromatic carbocycles. The van der Waals surface area contributed by atoms with Gasteiger partial charge in [0.25, 0.3) is 0 Å². The molecule has 6 heteroatoms. The highest BCUT2D eigenvalue weighted by atomic mass is 127. The number of nitrogens with zero attached hydrogens (tertiary/aromatic N) is 1. The van der Waals surface area contributed by atoms with Gasteiger partial charge in [0.05, 0.1) is 15.6 Å². The number of nitro groups is 1. The van der Waals surface area contributed by atoms with Gasteiger partial charge in [-0.15, -0.1) is 0 Å². The van der Waals surface area contributed by atoms with E-state index in [9.17, 15) is 10.1 Å². The van der Waals surface area contributed by atoms with E-state index >= 15 is 0 Å². The number of hydrogen-bond acceptors (Lipinski definition) is 3. The summed E-state index contributed by atoms with van der Waals surface area (Å²) in [5, 5.41) is 10.7. The fourth-order valence-corrected chi connectivity index (χ4v) is 1.76. The molecular weight excluding hydrogens is 308 g/mol. The van der Waals surface area contributed by atoms with Crippen molar-refractivity contribution in [3.63, 3.8) is 0 Å². The van der Waals surface area contributed by atoms with Gasteiger partial charge in [-0.25, -0.2) is 0 Å². The SMILES string of the molecule is COc1c(I)ccc(Cl)c1[N+](=O)[O-]. The Labute approximate surface area is 93.1 Å². The van der Waals surface area contributed by atoms with Crippen molar-refractivity contribution in [2.75, 3.05) is 7.11 Å². The van der Waals surface area contributed by atoms with Crippen LogP contribution in [0.15, 0.2) is 12.1 Å². The van der Waals surface area contributed by atoms with Crippen LogP contribution in [0.25, 0.3) is 0 Å². The van der Waals surface area contributed by atoms with E-state index in [-0.39, 0.29) is 16.5 Å². The van der Waals surface area contributed by atoms with E-state index in [1.165, 1.54) is 13.2 Å². The van der Waals surface area contributed by atoms with Crippen LogP contribution in [0, 0.1) is 13.7 Å². The number of halogens is 2. The minimum absolute atomic E-state index is 0.0854. The lowest BCUT2D eigenvalue weighted by Crippen LogP contribution is -1.96. The molecule has 13 heavy (non-hydrogen) atoms. The van der Waals surface area contributed by atoms with Crippen LogP contribution in [0.2, 0.25) is 5.02 Å². The lowest BCUT2D eigenvalue weighted by Gasteiger charge is -2.04. The van der Waals surface area contributed by atoms with Crippen molar-refractivity contribution in [3.8, 4) is 5.75 Å². The summed E-state index contributed by atoms with van der Waals surface area (Å²) in [6.07, 6.45) is 0. The Morgan fingerprint density at radius 2 is 2.23 bits per heavy atom. The van der Waals surface area contributed by atoms with Gasteiger partial charge in [-0.3, -0.25) is 10.1 Å². The number of nitro benzene ring substituents is 1. The van der Waals surface area contributed by atoms with Crippen LogP contribution in [-0.4, -0.2) is 12.0 Å². The first kappa shape index (κ1) is 10.5. The monoisotopic (exact) mass is 313 g/mol. The average molecular weight is 313 g/mol. The van der Waals surface area contributed by atoms with Gasteiger partial charge in [0.2, 0.25) is 5.75 Å². The molecule has 4 nitrogen and oxygen atoms in total. The van der Waals surface area contributed by atoms with Crippen molar-refractivity contribution >= 4 is 39.9 Å². The standard InChI is InChI=1S/C7H5ClINO3/c1-13-7-5(9)3-2-4(8)6(7)10(11)12/h2-3H,1H3. The predicted octanol–water partition coefficient (Wildman–Crippen LogP) is 2.86. The van der Waals surface area contributed by atoms with Gasteiger partial charge < -0.3 is 4.74 Å². The minimum atomic E-state index is -0.552. The highest BCUT2D eigenvalue weighted by Gasteiger charge is 2.21. The largest absolute Gasteiger partial charge is 0.489 e. The Hall–Kier alpha value is -0.560. The molecule has 1 aromatic rings. The zero-order valence-electron chi connectivity index (χ0n) is 6.58. The maximum absolute atomic E-state index is 10.6. The van der Waals surface area contributed by atoms with Crippen molar-refractivity contribution in [1.82, 2.24) is 0 Å². The highest BCUT2D eigenvalue weighted by molar-refractivity contribution is 14.1. The summed E-state index contributed by atoms with van der Waals surface area (Å²) in [5.41, 5.74) is -0.184. The van der Waals surface area contributed by atoms with E-state index in [2.05, 4.69) is 0 Å². The molecule has 0 aliphatic rings. The molecule has 0 spiro atoms. The van der Waals surface area contributed by atoms with Gasteiger partial charge in [-0.1, -0.05) is 11.6 Å². The summed E-state index contributed by atoms with van der Waals surface area (Å²) in [7, 11) is 1.38. The molecule has 0 saturated heterocycles. The summed E-state index contributed by atoms with van der Waals surface area (Å²) in [6.45, 7) is 0. The Morgan fingerprint density at radius 3 is 2.62 bits per heavy atom. The summed E-state index contributed by atoms with van der Waals surface area (Å²) in [5.74, 6) is 0.207. The second kappa shape index (κ2) is 4.10. The third-order valence-corrected chi connectivity index (χ3v) is 2.58. The molecule has 0 aromatic heterocycles. The molecule has 0 unspecified atom stereocenters. The topological polar surface area (TPSA) is 52.4 Å². The van der Waals surface area contributed by atoms with Crippen LogP contribution in [0.5, 0.6) is 5.75 Å².